The number of piperidine rings is 1. The van der Waals surface area contributed by atoms with Gasteiger partial charge in [0.25, 0.3) is 0 Å². The molecular weight excluding hydrogens is 503 g/mol. The van der Waals surface area contributed by atoms with Gasteiger partial charge in [0.2, 0.25) is 5.95 Å². The van der Waals surface area contributed by atoms with Gasteiger partial charge < -0.3 is 15.1 Å². The van der Waals surface area contributed by atoms with Gasteiger partial charge in [-0.25, -0.2) is 22.8 Å². The van der Waals surface area contributed by atoms with Gasteiger partial charge in [0.05, 0.1) is 11.8 Å². The van der Waals surface area contributed by atoms with Gasteiger partial charge in [-0.2, -0.15) is 4.98 Å². The Hall–Kier alpha value is -3.01. The molecule has 0 unspecified atom stereocenters. The summed E-state index contributed by atoms with van der Waals surface area (Å²) in [6.45, 7) is 7.22. The van der Waals surface area contributed by atoms with Gasteiger partial charge in [0.1, 0.15) is 27.6 Å². The van der Waals surface area contributed by atoms with E-state index in [9.17, 15) is 12.8 Å². The number of pyridine rings is 1. The van der Waals surface area contributed by atoms with E-state index in [1.807, 2.05) is 11.1 Å². The Bertz CT molecular complexity index is 1470. The number of aromatic nitrogens is 3. The van der Waals surface area contributed by atoms with Crippen LogP contribution in [0.2, 0.25) is 0 Å². The van der Waals surface area contributed by atoms with Gasteiger partial charge in [-0.3, -0.25) is 0 Å². The number of hydrogen-bond donors (Lipinski definition) is 1. The number of anilines is 4. The summed E-state index contributed by atoms with van der Waals surface area (Å²) in [5, 5.41) is 5.38. The van der Waals surface area contributed by atoms with Crippen molar-refractivity contribution in [3.8, 4) is 0 Å². The number of halogens is 1. The zero-order chi connectivity index (χ0) is 26.7. The summed E-state index contributed by atoms with van der Waals surface area (Å²) in [5.41, 5.74) is 2.52. The van der Waals surface area contributed by atoms with Gasteiger partial charge in [0, 0.05) is 54.8 Å². The van der Waals surface area contributed by atoms with E-state index >= 15 is 0 Å². The van der Waals surface area contributed by atoms with Crippen molar-refractivity contribution in [2.24, 2.45) is 5.41 Å². The average Bonchev–Trinajstić information content (AvgIpc) is 2.81. The number of nitrogens with zero attached hydrogens (tertiary/aromatic N) is 5. The van der Waals surface area contributed by atoms with E-state index in [0.717, 1.165) is 55.4 Å². The molecule has 1 aliphatic carbocycles. The lowest BCUT2D eigenvalue weighted by molar-refractivity contribution is 0.0948. The van der Waals surface area contributed by atoms with Crippen LogP contribution >= 0.6 is 0 Å². The summed E-state index contributed by atoms with van der Waals surface area (Å²) < 4.78 is 37.7. The molecule has 2 saturated heterocycles. The molecule has 1 N–H and O–H groups in total. The molecule has 0 amide bonds. The number of fused-ring (bicyclic) bond motifs is 1. The maximum atomic E-state index is 13.9. The molecule has 1 aromatic carbocycles. The highest BCUT2D eigenvalue weighted by Crippen LogP contribution is 2.52. The van der Waals surface area contributed by atoms with Crippen molar-refractivity contribution in [1.29, 1.82) is 0 Å². The van der Waals surface area contributed by atoms with Gasteiger partial charge in [-0.1, -0.05) is 19.9 Å². The first-order chi connectivity index (χ1) is 18.1. The molecule has 202 valence electrons. The molecule has 8 nitrogen and oxygen atoms in total. The molecule has 1 saturated carbocycles. The first kappa shape index (κ1) is 25.3. The molecule has 3 aliphatic rings. The number of alkyl halides is 1. The molecule has 2 aromatic heterocycles. The topological polar surface area (TPSA) is 91.3 Å². The molecule has 4 heterocycles. The minimum atomic E-state index is -2.95. The van der Waals surface area contributed by atoms with Crippen molar-refractivity contribution in [2.75, 3.05) is 47.6 Å². The van der Waals surface area contributed by atoms with E-state index in [-0.39, 0.29) is 10.7 Å². The highest BCUT2D eigenvalue weighted by atomic mass is 32.2. The summed E-state index contributed by atoms with van der Waals surface area (Å²) >= 11 is 0. The third kappa shape index (κ3) is 4.67. The van der Waals surface area contributed by atoms with Crippen LogP contribution in [0.1, 0.15) is 51.0 Å². The second kappa shape index (κ2) is 9.32. The Labute approximate surface area is 223 Å². The fourth-order valence-corrected chi connectivity index (χ4v) is 7.62. The zero-order valence-electron chi connectivity index (χ0n) is 22.2. The van der Waals surface area contributed by atoms with Crippen molar-refractivity contribution in [2.45, 2.75) is 56.9 Å². The van der Waals surface area contributed by atoms with Crippen molar-refractivity contribution in [3.63, 3.8) is 0 Å². The van der Waals surface area contributed by atoms with E-state index in [1.54, 1.807) is 12.3 Å². The molecule has 6 rings (SSSR count). The fraction of sp³-hybridized carbons (Fsp3) is 0.536. The molecule has 3 fully saturated rings. The Morgan fingerprint density at radius 1 is 1.08 bits per heavy atom. The zero-order valence-corrected chi connectivity index (χ0v) is 23.0. The van der Waals surface area contributed by atoms with Crippen LogP contribution in [0.3, 0.4) is 0 Å². The van der Waals surface area contributed by atoms with Crippen LogP contribution in [0, 0.1) is 5.41 Å². The van der Waals surface area contributed by atoms with Crippen LogP contribution in [-0.4, -0.2) is 67.2 Å². The SMILES string of the molecule is CC(C)c1ccc(N2CC3(CC(S(C)(=O)=O)C3)C2)c2cnc(Nc3ccnc(N4CCC[C@@H](F)C4)n3)cc12. The predicted molar refractivity (Wildman–Crippen MR) is 150 cm³/mol. The molecule has 10 heteroatoms. The summed E-state index contributed by atoms with van der Waals surface area (Å²) in [4.78, 5) is 18.0. The standard InChI is InChI=1S/C28H35FN6O2S/c1-18(2)21-6-7-24(35-16-28(17-35)12-20(13-28)38(3,36)37)23-14-31-26(11-22(21)23)32-25-8-9-30-27(33-25)34-10-4-5-19(29)15-34/h6-9,11,14,18-20H,4-5,10,12-13,15-17H2,1-3H3,(H,30,31,32,33)/t19-/m1/s1. The molecule has 38 heavy (non-hydrogen) atoms. The lowest BCUT2D eigenvalue weighted by Crippen LogP contribution is -2.65. The first-order valence-corrected chi connectivity index (χ1v) is 15.4. The van der Waals surface area contributed by atoms with E-state index in [0.29, 0.717) is 36.5 Å². The van der Waals surface area contributed by atoms with Crippen LogP contribution in [0.25, 0.3) is 10.8 Å². The summed E-state index contributed by atoms with van der Waals surface area (Å²) in [5.74, 6) is 2.19. The highest BCUT2D eigenvalue weighted by molar-refractivity contribution is 7.91. The second-order valence-corrected chi connectivity index (χ2v) is 14.0. The van der Waals surface area contributed by atoms with Crippen LogP contribution in [0.15, 0.2) is 36.7 Å². The van der Waals surface area contributed by atoms with Crippen LogP contribution in [0.4, 0.5) is 27.7 Å². The summed E-state index contributed by atoms with van der Waals surface area (Å²) in [6, 6.07) is 8.25. The maximum Gasteiger partial charge on any atom is 0.227 e. The Morgan fingerprint density at radius 3 is 2.58 bits per heavy atom. The Morgan fingerprint density at radius 2 is 1.87 bits per heavy atom. The highest BCUT2D eigenvalue weighted by Gasteiger charge is 2.55. The van der Waals surface area contributed by atoms with Gasteiger partial charge in [0.15, 0.2) is 0 Å². The first-order valence-electron chi connectivity index (χ1n) is 13.5. The molecule has 1 atom stereocenters. The third-order valence-corrected chi connectivity index (χ3v) is 9.94. The lowest BCUT2D eigenvalue weighted by Gasteiger charge is -2.59. The molecule has 0 bridgehead atoms. The number of sulfone groups is 1. The summed E-state index contributed by atoms with van der Waals surface area (Å²) in [6.07, 6.45) is 7.04. The Balaban J connectivity index is 1.24. The van der Waals surface area contributed by atoms with E-state index < -0.39 is 16.0 Å². The maximum absolute atomic E-state index is 13.9. The normalized spacial score (nSPS) is 21.6. The largest absolute Gasteiger partial charge is 0.370 e. The van der Waals surface area contributed by atoms with Gasteiger partial charge >= 0.3 is 0 Å². The van der Waals surface area contributed by atoms with Gasteiger partial charge in [-0.15, -0.1) is 0 Å². The molecular formula is C28H35FN6O2S. The van der Waals surface area contributed by atoms with Crippen LogP contribution < -0.4 is 15.1 Å². The quantitative estimate of drug-likeness (QED) is 0.477. The van der Waals surface area contributed by atoms with E-state index in [4.69, 9.17) is 4.98 Å². The van der Waals surface area contributed by atoms with Crippen molar-refractivity contribution >= 4 is 43.9 Å². The molecule has 3 aromatic rings. The van der Waals surface area contributed by atoms with Crippen molar-refractivity contribution in [3.05, 3.63) is 42.2 Å². The van der Waals surface area contributed by atoms with Gasteiger partial charge in [-0.05, 0) is 60.7 Å². The number of hydrogen-bond acceptors (Lipinski definition) is 8. The number of benzene rings is 1. The minimum Gasteiger partial charge on any atom is -0.370 e. The van der Waals surface area contributed by atoms with E-state index in [1.165, 1.54) is 11.8 Å². The van der Waals surface area contributed by atoms with Crippen molar-refractivity contribution in [1.82, 2.24) is 15.0 Å². The molecule has 0 radical (unpaired) electrons. The Kier molecular flexibility index (Phi) is 6.20. The molecule has 2 aliphatic heterocycles. The molecule has 1 spiro atoms. The number of rotatable bonds is 6. The smallest absolute Gasteiger partial charge is 0.227 e. The second-order valence-electron chi connectivity index (χ2n) is 11.7. The average molecular weight is 539 g/mol. The van der Waals surface area contributed by atoms with Crippen LogP contribution in [-0.2, 0) is 9.84 Å². The summed E-state index contributed by atoms with van der Waals surface area (Å²) in [7, 11) is -2.95. The fourth-order valence-electron chi connectivity index (χ4n) is 6.30. The van der Waals surface area contributed by atoms with E-state index in [2.05, 4.69) is 52.2 Å². The lowest BCUT2D eigenvalue weighted by atomic mass is 9.63. The number of nitrogens with one attached hydrogen (secondary N) is 1. The third-order valence-electron chi connectivity index (χ3n) is 8.40. The van der Waals surface area contributed by atoms with Crippen molar-refractivity contribution < 1.29 is 12.8 Å². The predicted octanol–water partition coefficient (Wildman–Crippen LogP) is 4.84. The van der Waals surface area contributed by atoms with Crippen LogP contribution in [0.5, 0.6) is 0 Å². The minimum absolute atomic E-state index is 0.132. The monoisotopic (exact) mass is 538 g/mol.